The van der Waals surface area contributed by atoms with E-state index in [2.05, 4.69) is 15.0 Å². The van der Waals surface area contributed by atoms with Crippen molar-refractivity contribution in [2.75, 3.05) is 11.9 Å². The van der Waals surface area contributed by atoms with Gasteiger partial charge in [-0.25, -0.2) is 13.1 Å². The number of sulfonamides is 1. The zero-order valence-corrected chi connectivity index (χ0v) is 19.5. The first kappa shape index (κ1) is 24.1. The van der Waals surface area contributed by atoms with Crippen LogP contribution >= 0.6 is 0 Å². The van der Waals surface area contributed by atoms with Gasteiger partial charge in [0.15, 0.2) is 0 Å². The number of anilines is 1. The molecule has 0 fully saturated rings. The van der Waals surface area contributed by atoms with Gasteiger partial charge in [-0.15, -0.1) is 0 Å². The predicted octanol–water partition coefficient (Wildman–Crippen LogP) is 4.10. The van der Waals surface area contributed by atoms with E-state index in [4.69, 9.17) is 10.5 Å². The second-order valence-electron chi connectivity index (χ2n) is 7.66. The number of benzene rings is 3. The van der Waals surface area contributed by atoms with Crippen LogP contribution in [0.1, 0.15) is 22.0 Å². The lowest BCUT2D eigenvalue weighted by molar-refractivity contribution is 0.102. The number of carbonyl (C=O) groups excluding carboxylic acids is 1. The van der Waals surface area contributed by atoms with Crippen molar-refractivity contribution < 1.29 is 17.9 Å². The quantitative estimate of drug-likeness (QED) is 0.326. The molecule has 0 saturated heterocycles. The van der Waals surface area contributed by atoms with E-state index in [1.807, 2.05) is 30.3 Å². The molecule has 1 aromatic heterocycles. The van der Waals surface area contributed by atoms with Crippen molar-refractivity contribution in [3.05, 3.63) is 115 Å². The van der Waals surface area contributed by atoms with Gasteiger partial charge in [0.2, 0.25) is 10.0 Å². The Bertz CT molecular complexity index is 1360. The van der Waals surface area contributed by atoms with Gasteiger partial charge in [0.1, 0.15) is 11.5 Å². The Hall–Kier alpha value is -4.05. The van der Waals surface area contributed by atoms with Gasteiger partial charge in [-0.3, -0.25) is 9.78 Å². The number of hydrogen-bond donors (Lipinski definition) is 3. The smallest absolute Gasteiger partial charge is 0.255 e. The first-order valence-electron chi connectivity index (χ1n) is 10.8. The molecule has 8 nitrogen and oxygen atoms in total. The molecule has 4 aromatic rings. The molecule has 0 aliphatic heterocycles. The molecule has 0 aliphatic carbocycles. The standard InChI is InChI=1S/C26H24N4O4S/c27-25(19-6-8-20(9-7-19)26(31)30-21-14-16-28-17-15-21)18-29-35(32,33)24-12-10-23(11-13-24)34-22-4-2-1-3-5-22/h1-17,25,29H,18,27H2,(H,28,30,31). The minimum atomic E-state index is -3.76. The summed E-state index contributed by atoms with van der Waals surface area (Å²) in [6, 6.07) is 24.8. The fourth-order valence-electron chi connectivity index (χ4n) is 3.23. The number of ether oxygens (including phenoxy) is 1. The Morgan fingerprint density at radius 3 is 2.14 bits per heavy atom. The lowest BCUT2D eigenvalue weighted by atomic mass is 10.1. The maximum Gasteiger partial charge on any atom is 0.255 e. The molecule has 3 aromatic carbocycles. The first-order valence-corrected chi connectivity index (χ1v) is 12.3. The van der Waals surface area contributed by atoms with Crippen LogP contribution in [0.15, 0.2) is 108 Å². The summed E-state index contributed by atoms with van der Waals surface area (Å²) in [5.74, 6) is 0.921. The Kier molecular flexibility index (Phi) is 7.51. The van der Waals surface area contributed by atoms with Crippen molar-refractivity contribution in [3.63, 3.8) is 0 Å². The van der Waals surface area contributed by atoms with Crippen molar-refractivity contribution >= 4 is 21.6 Å². The van der Waals surface area contributed by atoms with Gasteiger partial charge in [-0.2, -0.15) is 0 Å². The third-order valence-electron chi connectivity index (χ3n) is 5.15. The predicted molar refractivity (Wildman–Crippen MR) is 134 cm³/mol. The van der Waals surface area contributed by atoms with Crippen LogP contribution in [0.4, 0.5) is 5.69 Å². The molecule has 0 saturated carbocycles. The average molecular weight is 489 g/mol. The van der Waals surface area contributed by atoms with E-state index in [-0.39, 0.29) is 17.3 Å². The highest BCUT2D eigenvalue weighted by molar-refractivity contribution is 7.89. The number of nitrogens with two attached hydrogens (primary N) is 1. The second kappa shape index (κ2) is 10.9. The minimum Gasteiger partial charge on any atom is -0.457 e. The number of nitrogens with one attached hydrogen (secondary N) is 2. The highest BCUT2D eigenvalue weighted by atomic mass is 32.2. The van der Waals surface area contributed by atoms with Crippen LogP contribution in [-0.2, 0) is 10.0 Å². The molecule has 1 unspecified atom stereocenters. The molecule has 0 spiro atoms. The molecule has 0 aliphatic rings. The molecule has 1 heterocycles. The molecule has 1 atom stereocenters. The van der Waals surface area contributed by atoms with Gasteiger partial charge in [-0.1, -0.05) is 30.3 Å². The van der Waals surface area contributed by atoms with E-state index in [9.17, 15) is 13.2 Å². The first-order chi connectivity index (χ1) is 16.9. The van der Waals surface area contributed by atoms with Crippen LogP contribution in [0.25, 0.3) is 0 Å². The van der Waals surface area contributed by atoms with Crippen LogP contribution in [-0.4, -0.2) is 25.9 Å². The van der Waals surface area contributed by atoms with Gasteiger partial charge in [0.25, 0.3) is 5.91 Å². The van der Waals surface area contributed by atoms with Crippen molar-refractivity contribution in [2.45, 2.75) is 10.9 Å². The summed E-state index contributed by atoms with van der Waals surface area (Å²) >= 11 is 0. The molecule has 0 radical (unpaired) electrons. The van der Waals surface area contributed by atoms with E-state index < -0.39 is 16.1 Å². The molecular weight excluding hydrogens is 464 g/mol. The summed E-state index contributed by atoms with van der Waals surface area (Å²) in [5, 5.41) is 2.78. The molecule has 0 bridgehead atoms. The Labute approximate surface area is 203 Å². The number of carbonyl (C=O) groups is 1. The summed E-state index contributed by atoms with van der Waals surface area (Å²) in [4.78, 5) is 16.4. The monoisotopic (exact) mass is 488 g/mol. The van der Waals surface area contributed by atoms with Crippen molar-refractivity contribution in [1.82, 2.24) is 9.71 Å². The highest BCUT2D eigenvalue weighted by Crippen LogP contribution is 2.23. The number of para-hydroxylation sites is 1. The number of rotatable bonds is 9. The maximum absolute atomic E-state index is 12.7. The minimum absolute atomic E-state index is 0.00679. The summed E-state index contributed by atoms with van der Waals surface area (Å²) in [6.07, 6.45) is 3.18. The van der Waals surface area contributed by atoms with E-state index in [0.29, 0.717) is 28.3 Å². The fourth-order valence-corrected chi connectivity index (χ4v) is 4.29. The van der Waals surface area contributed by atoms with Gasteiger partial charge in [-0.05, 0) is 66.2 Å². The van der Waals surface area contributed by atoms with Gasteiger partial charge in [0, 0.05) is 36.2 Å². The van der Waals surface area contributed by atoms with Gasteiger partial charge in [0.05, 0.1) is 4.90 Å². The highest BCUT2D eigenvalue weighted by Gasteiger charge is 2.17. The van der Waals surface area contributed by atoms with Crippen molar-refractivity contribution in [1.29, 1.82) is 0 Å². The number of nitrogens with zero attached hydrogens (tertiary/aromatic N) is 1. The molecular formula is C26H24N4O4S. The number of hydrogen-bond acceptors (Lipinski definition) is 6. The summed E-state index contributed by atoms with van der Waals surface area (Å²) in [7, 11) is -3.76. The summed E-state index contributed by atoms with van der Waals surface area (Å²) < 4.78 is 33.6. The SMILES string of the molecule is NC(CNS(=O)(=O)c1ccc(Oc2ccccc2)cc1)c1ccc(C(=O)Nc2ccncc2)cc1. The Balaban J connectivity index is 1.33. The molecule has 4 N–H and O–H groups in total. The topological polar surface area (TPSA) is 123 Å². The molecule has 178 valence electrons. The van der Waals surface area contributed by atoms with Crippen LogP contribution < -0.4 is 20.5 Å². The lowest BCUT2D eigenvalue weighted by Crippen LogP contribution is -2.32. The molecule has 9 heteroatoms. The second-order valence-corrected chi connectivity index (χ2v) is 9.42. The largest absolute Gasteiger partial charge is 0.457 e. The molecule has 1 amide bonds. The van der Waals surface area contributed by atoms with E-state index in [1.165, 1.54) is 12.1 Å². The van der Waals surface area contributed by atoms with Crippen LogP contribution in [0.2, 0.25) is 0 Å². The van der Waals surface area contributed by atoms with Crippen molar-refractivity contribution in [2.24, 2.45) is 5.73 Å². The normalized spacial score (nSPS) is 12.0. The third kappa shape index (κ3) is 6.51. The van der Waals surface area contributed by atoms with Gasteiger partial charge >= 0.3 is 0 Å². The summed E-state index contributed by atoms with van der Waals surface area (Å²) in [6.45, 7) is -0.00679. The number of aromatic nitrogens is 1. The Morgan fingerprint density at radius 1 is 0.857 bits per heavy atom. The van der Waals surface area contributed by atoms with Crippen LogP contribution in [0, 0.1) is 0 Å². The average Bonchev–Trinajstić information content (AvgIpc) is 2.89. The van der Waals surface area contributed by atoms with Crippen molar-refractivity contribution in [3.8, 4) is 11.5 Å². The van der Waals surface area contributed by atoms with E-state index >= 15 is 0 Å². The summed E-state index contributed by atoms with van der Waals surface area (Å²) in [5.41, 5.74) is 7.97. The molecule has 35 heavy (non-hydrogen) atoms. The maximum atomic E-state index is 12.7. The zero-order valence-electron chi connectivity index (χ0n) is 18.7. The fraction of sp³-hybridized carbons (Fsp3) is 0.0769. The van der Waals surface area contributed by atoms with Crippen LogP contribution in [0.3, 0.4) is 0 Å². The zero-order chi connectivity index (χ0) is 24.7. The molecule has 4 rings (SSSR count). The lowest BCUT2D eigenvalue weighted by Gasteiger charge is -2.14. The van der Waals surface area contributed by atoms with E-state index in [1.54, 1.807) is 60.9 Å². The Morgan fingerprint density at radius 2 is 1.49 bits per heavy atom. The third-order valence-corrected chi connectivity index (χ3v) is 6.58. The van der Waals surface area contributed by atoms with Crippen LogP contribution in [0.5, 0.6) is 11.5 Å². The number of pyridine rings is 1. The number of amides is 1. The van der Waals surface area contributed by atoms with Gasteiger partial charge < -0.3 is 15.8 Å². The van der Waals surface area contributed by atoms with E-state index in [0.717, 1.165) is 0 Å².